The molecule has 2 aromatic heterocycles. The van der Waals surface area contributed by atoms with E-state index < -0.39 is 5.82 Å². The van der Waals surface area contributed by atoms with Crippen molar-refractivity contribution in [3.63, 3.8) is 0 Å². The lowest BCUT2D eigenvalue weighted by Gasteiger charge is -2.29. The van der Waals surface area contributed by atoms with Crippen LogP contribution in [0.4, 0.5) is 10.1 Å². The summed E-state index contributed by atoms with van der Waals surface area (Å²) in [7, 11) is 1.81. The van der Waals surface area contributed by atoms with Gasteiger partial charge in [-0.3, -0.25) is 4.79 Å². The van der Waals surface area contributed by atoms with Crippen LogP contribution < -0.4 is 10.3 Å². The number of anilines is 1. The summed E-state index contributed by atoms with van der Waals surface area (Å²) in [4.78, 5) is 19.4. The summed E-state index contributed by atoms with van der Waals surface area (Å²) >= 11 is 0. The second kappa shape index (κ2) is 7.38. The van der Waals surface area contributed by atoms with Gasteiger partial charge < -0.3 is 18.7 Å². The van der Waals surface area contributed by atoms with Gasteiger partial charge >= 0.3 is 0 Å². The van der Waals surface area contributed by atoms with Gasteiger partial charge in [-0.05, 0) is 12.1 Å². The molecule has 0 aliphatic carbocycles. The van der Waals surface area contributed by atoms with Gasteiger partial charge in [-0.25, -0.2) is 4.39 Å². The number of hydrogen-bond acceptors (Lipinski definition) is 6. The number of halogens is 1. The molecular formula is C22H19FN4O3. The maximum absolute atomic E-state index is 14.9. The molecule has 2 aromatic carbocycles. The minimum absolute atomic E-state index is 0.106. The van der Waals surface area contributed by atoms with Gasteiger partial charge in [0.25, 0.3) is 5.89 Å². The fourth-order valence-corrected chi connectivity index (χ4v) is 3.73. The minimum atomic E-state index is -0.436. The van der Waals surface area contributed by atoms with E-state index in [1.807, 2.05) is 35.2 Å². The largest absolute Gasteiger partial charge is 0.378 e. The number of aryl methyl sites for hydroxylation is 1. The quantitative estimate of drug-likeness (QED) is 0.520. The molecule has 0 amide bonds. The maximum Gasteiger partial charge on any atom is 0.263 e. The van der Waals surface area contributed by atoms with Crippen LogP contribution in [-0.4, -0.2) is 41.0 Å². The Morgan fingerprint density at radius 3 is 2.63 bits per heavy atom. The number of fused-ring (bicyclic) bond motifs is 1. The highest BCUT2D eigenvalue weighted by atomic mass is 19.1. The van der Waals surface area contributed by atoms with Crippen LogP contribution >= 0.6 is 0 Å². The van der Waals surface area contributed by atoms with Crippen LogP contribution in [0.1, 0.15) is 0 Å². The zero-order valence-electron chi connectivity index (χ0n) is 16.3. The SMILES string of the molecule is Cn1cc(-c2nc(-c3ccccc3)no2)c(=O)c2cc(F)c(N3CCOCC3)cc21. The highest BCUT2D eigenvalue weighted by Crippen LogP contribution is 2.27. The van der Waals surface area contributed by atoms with Crippen molar-refractivity contribution in [2.45, 2.75) is 0 Å². The molecule has 1 aliphatic rings. The van der Waals surface area contributed by atoms with E-state index in [4.69, 9.17) is 9.26 Å². The zero-order chi connectivity index (χ0) is 20.7. The number of benzene rings is 2. The molecule has 7 nitrogen and oxygen atoms in total. The third-order valence-corrected chi connectivity index (χ3v) is 5.30. The number of nitrogens with zero attached hydrogens (tertiary/aromatic N) is 4. The van der Waals surface area contributed by atoms with Crippen molar-refractivity contribution in [3.05, 3.63) is 64.7 Å². The number of morpholine rings is 1. The summed E-state index contributed by atoms with van der Waals surface area (Å²) in [5, 5.41) is 4.25. The normalized spacial score (nSPS) is 14.4. The molecule has 3 heterocycles. The van der Waals surface area contributed by atoms with E-state index in [1.54, 1.807) is 23.9 Å². The van der Waals surface area contributed by atoms with Crippen LogP contribution in [0.15, 0.2) is 58.0 Å². The monoisotopic (exact) mass is 406 g/mol. The van der Waals surface area contributed by atoms with Crippen molar-refractivity contribution >= 4 is 16.6 Å². The lowest BCUT2D eigenvalue weighted by atomic mass is 10.1. The highest BCUT2D eigenvalue weighted by Gasteiger charge is 2.21. The van der Waals surface area contributed by atoms with Crippen molar-refractivity contribution < 1.29 is 13.7 Å². The van der Waals surface area contributed by atoms with Crippen molar-refractivity contribution in [2.24, 2.45) is 7.05 Å². The number of aromatic nitrogens is 3. The minimum Gasteiger partial charge on any atom is -0.378 e. The molecule has 30 heavy (non-hydrogen) atoms. The summed E-state index contributed by atoms with van der Waals surface area (Å²) in [6.07, 6.45) is 1.65. The third-order valence-electron chi connectivity index (χ3n) is 5.30. The highest BCUT2D eigenvalue weighted by molar-refractivity contribution is 5.86. The number of ether oxygens (including phenoxy) is 1. The van der Waals surface area contributed by atoms with Crippen molar-refractivity contribution in [1.82, 2.24) is 14.7 Å². The van der Waals surface area contributed by atoms with Gasteiger partial charge in [0.1, 0.15) is 11.4 Å². The molecular weight excluding hydrogens is 387 g/mol. The van der Waals surface area contributed by atoms with Crippen molar-refractivity contribution in [2.75, 3.05) is 31.2 Å². The van der Waals surface area contributed by atoms with E-state index in [1.165, 1.54) is 6.07 Å². The van der Waals surface area contributed by atoms with E-state index in [9.17, 15) is 9.18 Å². The van der Waals surface area contributed by atoms with E-state index in [2.05, 4.69) is 10.1 Å². The molecule has 152 valence electrons. The van der Waals surface area contributed by atoms with Crippen LogP contribution in [0.3, 0.4) is 0 Å². The fourth-order valence-electron chi connectivity index (χ4n) is 3.73. The van der Waals surface area contributed by atoms with Crippen LogP contribution in [-0.2, 0) is 11.8 Å². The molecule has 1 saturated heterocycles. The van der Waals surface area contributed by atoms with Crippen LogP contribution in [0.5, 0.6) is 0 Å². The molecule has 0 radical (unpaired) electrons. The van der Waals surface area contributed by atoms with Crippen LogP contribution in [0, 0.1) is 5.82 Å². The van der Waals surface area contributed by atoms with E-state index >= 15 is 0 Å². The second-order valence-corrected chi connectivity index (χ2v) is 7.19. The predicted octanol–water partition coefficient (Wildman–Crippen LogP) is 3.23. The Bertz CT molecular complexity index is 1280. The summed E-state index contributed by atoms with van der Waals surface area (Å²) in [5.74, 6) is 0.0600. The standard InChI is InChI=1S/C22H19FN4O3/c1-26-13-16(22-24-21(25-30-22)14-5-3-2-4-6-14)20(28)15-11-17(23)19(12-18(15)26)27-7-9-29-10-8-27/h2-6,11-13H,7-10H2,1H3. The first-order valence-electron chi connectivity index (χ1n) is 9.67. The number of pyridine rings is 1. The van der Waals surface area contributed by atoms with Gasteiger partial charge in [-0.2, -0.15) is 4.98 Å². The molecule has 1 aliphatic heterocycles. The van der Waals surface area contributed by atoms with Gasteiger partial charge in [0, 0.05) is 37.3 Å². The topological polar surface area (TPSA) is 73.4 Å². The lowest BCUT2D eigenvalue weighted by Crippen LogP contribution is -2.36. The van der Waals surface area contributed by atoms with E-state index in [-0.39, 0.29) is 22.3 Å². The average molecular weight is 406 g/mol. The van der Waals surface area contributed by atoms with Crippen molar-refractivity contribution in [1.29, 1.82) is 0 Å². The molecule has 0 atom stereocenters. The van der Waals surface area contributed by atoms with E-state index in [0.29, 0.717) is 43.3 Å². The number of hydrogen-bond donors (Lipinski definition) is 0. The van der Waals surface area contributed by atoms with E-state index in [0.717, 1.165) is 5.56 Å². The second-order valence-electron chi connectivity index (χ2n) is 7.19. The fraction of sp³-hybridized carbons (Fsp3) is 0.227. The molecule has 4 aromatic rings. The van der Waals surface area contributed by atoms with Gasteiger partial charge in [-0.1, -0.05) is 35.5 Å². The molecule has 0 N–H and O–H groups in total. The first-order valence-corrected chi connectivity index (χ1v) is 9.67. The number of rotatable bonds is 3. The summed E-state index contributed by atoms with van der Waals surface area (Å²) in [6, 6.07) is 12.4. The zero-order valence-corrected chi connectivity index (χ0v) is 16.3. The molecule has 1 fully saturated rings. The Morgan fingerprint density at radius 2 is 1.87 bits per heavy atom. The third kappa shape index (κ3) is 3.15. The van der Waals surface area contributed by atoms with Crippen molar-refractivity contribution in [3.8, 4) is 22.8 Å². The lowest BCUT2D eigenvalue weighted by molar-refractivity contribution is 0.122. The maximum atomic E-state index is 14.9. The van der Waals surface area contributed by atoms with Gasteiger partial charge in [0.15, 0.2) is 0 Å². The summed E-state index contributed by atoms with van der Waals surface area (Å²) in [6.45, 7) is 2.32. The van der Waals surface area contributed by atoms with Gasteiger partial charge in [0.05, 0.1) is 24.4 Å². The smallest absolute Gasteiger partial charge is 0.263 e. The predicted molar refractivity (Wildman–Crippen MR) is 111 cm³/mol. The first-order chi connectivity index (χ1) is 14.6. The summed E-state index contributed by atoms with van der Waals surface area (Å²) < 4.78 is 27.4. The Kier molecular flexibility index (Phi) is 4.55. The Morgan fingerprint density at radius 1 is 1.10 bits per heavy atom. The molecule has 0 unspecified atom stereocenters. The molecule has 8 heteroatoms. The van der Waals surface area contributed by atoms with Gasteiger partial charge in [-0.15, -0.1) is 0 Å². The van der Waals surface area contributed by atoms with Crippen LogP contribution in [0.25, 0.3) is 33.7 Å². The molecule has 5 rings (SSSR count). The summed E-state index contributed by atoms with van der Waals surface area (Å²) in [5.41, 5.74) is 1.77. The molecule has 0 saturated carbocycles. The molecule has 0 spiro atoms. The first kappa shape index (κ1) is 18.5. The Labute approximate surface area is 171 Å². The van der Waals surface area contributed by atoms with Gasteiger partial charge in [0.2, 0.25) is 11.3 Å². The van der Waals surface area contributed by atoms with Crippen LogP contribution in [0.2, 0.25) is 0 Å². The Balaban J connectivity index is 1.60. The average Bonchev–Trinajstić information content (AvgIpc) is 3.27. The Hall–Kier alpha value is -3.52. The molecule has 0 bridgehead atoms.